The van der Waals surface area contributed by atoms with Crippen LogP contribution >= 0.6 is 0 Å². The Hall–Kier alpha value is -4.47. The van der Waals surface area contributed by atoms with Gasteiger partial charge in [0.05, 0.1) is 101 Å². The van der Waals surface area contributed by atoms with Crippen molar-refractivity contribution in [2.24, 2.45) is 11.8 Å². The van der Waals surface area contributed by atoms with Crippen molar-refractivity contribution in [3.63, 3.8) is 0 Å². The molecule has 4 aliphatic heterocycles. The maximum atomic E-state index is 7.68. The zero-order valence-corrected chi connectivity index (χ0v) is 72.9. The van der Waals surface area contributed by atoms with Crippen LogP contribution in [0.1, 0.15) is 184 Å². The molecule has 5 aromatic carbocycles. The van der Waals surface area contributed by atoms with Crippen LogP contribution in [0.2, 0.25) is 41.3 Å². The van der Waals surface area contributed by atoms with Gasteiger partial charge in [0.25, 0.3) is 8.32 Å². The molecule has 108 heavy (non-hydrogen) atoms. The summed E-state index contributed by atoms with van der Waals surface area (Å²) in [5.41, 5.74) is 3.34. The Bertz CT molecular complexity index is 3490. The lowest BCUT2D eigenvalue weighted by Crippen LogP contribution is -2.66. The highest BCUT2D eigenvalue weighted by atomic mass is 28.4. The van der Waals surface area contributed by atoms with Crippen molar-refractivity contribution in [1.82, 2.24) is 0 Å². The summed E-state index contributed by atoms with van der Waals surface area (Å²) in [6.45, 7) is 47.9. The average Bonchev–Trinajstić information content (AvgIpc) is 0.746. The van der Waals surface area contributed by atoms with Crippen LogP contribution in [-0.4, -0.2) is 151 Å². The van der Waals surface area contributed by atoms with Crippen molar-refractivity contribution in [2.45, 2.75) is 307 Å². The lowest BCUT2D eigenvalue weighted by molar-refractivity contribution is -0.345. The van der Waals surface area contributed by atoms with E-state index >= 15 is 0 Å². The summed E-state index contributed by atoms with van der Waals surface area (Å²) in [7, 11) is -0.594. The van der Waals surface area contributed by atoms with E-state index < -0.39 is 60.1 Å². The van der Waals surface area contributed by atoms with Gasteiger partial charge in [0.2, 0.25) is 0 Å². The van der Waals surface area contributed by atoms with Crippen molar-refractivity contribution in [1.29, 1.82) is 0 Å². The van der Waals surface area contributed by atoms with Crippen LogP contribution < -0.4 is 19.8 Å². The predicted molar refractivity (Wildman–Crippen MR) is 437 cm³/mol. The predicted octanol–water partition coefficient (Wildman–Crippen LogP) is 19.0. The second-order valence-electron chi connectivity index (χ2n) is 36.2. The maximum absolute atomic E-state index is 7.68. The van der Waals surface area contributed by atoms with E-state index in [-0.39, 0.29) is 83.1 Å². The lowest BCUT2D eigenvalue weighted by atomic mass is 9.78. The number of hydrogen-bond acceptors (Lipinski definition) is 16. The molecule has 0 aromatic heterocycles. The standard InChI is InChI=1S/C89H136O16Si3/c1-64(46-75-54-87(15,105-107(22,23)84(7,8)9)62-89(93-19,102-75)56-76-49-70(99-86(13,14)100-76)44-45-98-108(85(10,11)12,79-40-32-26-33-41-79)80-42-34-27-35-43-80)65(2)82(96-60-69-47-71(90-16)50-72(48-69)91-17)66(3)81(97-63-95-59-68-38-30-25-31-39-68)53-73-51-74(92-18)55-88(101-73)57-77(104-106(20,21)83(4,5)6)52-78(103-88)61-94-58-67-36-28-24-29-37-67/h24-43,47-48,50,65-66,70,73-78,81-82H,1,44-46,49,51-63H2,2-23H3/t65-,66-,70+,73+,74+,75+,76+,77+,78-,81-,82+,87+,88-,89-/m1/s1. The summed E-state index contributed by atoms with van der Waals surface area (Å²) in [6.07, 6.45) is 3.41. The first-order chi connectivity index (χ1) is 50.8. The van der Waals surface area contributed by atoms with Gasteiger partial charge >= 0.3 is 0 Å². The molecule has 5 aromatic rings. The van der Waals surface area contributed by atoms with Gasteiger partial charge in [0.1, 0.15) is 18.3 Å². The molecule has 0 N–H and O–H groups in total. The van der Waals surface area contributed by atoms with E-state index in [2.05, 4.69) is 194 Å². The molecule has 9 rings (SSSR count). The fourth-order valence-electron chi connectivity index (χ4n) is 16.6. The Kier molecular flexibility index (Phi) is 30.1. The summed E-state index contributed by atoms with van der Waals surface area (Å²) < 4.78 is 111. The third kappa shape index (κ3) is 23.2. The van der Waals surface area contributed by atoms with Gasteiger partial charge in [-0.1, -0.05) is 210 Å². The van der Waals surface area contributed by atoms with E-state index in [0.717, 1.165) is 22.3 Å². The van der Waals surface area contributed by atoms with Crippen LogP contribution in [-0.2, 0) is 85.2 Å². The molecular weight excluding hydrogens is 1410 g/mol. The average molecular weight is 1550 g/mol. The van der Waals surface area contributed by atoms with Gasteiger partial charge in [0, 0.05) is 96.5 Å². The molecule has 600 valence electrons. The third-order valence-corrected chi connectivity index (χ3v) is 38.2. The molecule has 4 heterocycles. The number of rotatable bonds is 36. The Labute approximate surface area is 653 Å². The minimum Gasteiger partial charge on any atom is -0.497 e. The van der Waals surface area contributed by atoms with Crippen molar-refractivity contribution in [3.05, 3.63) is 168 Å². The number of methoxy groups -OCH3 is 4. The normalized spacial score (nSPS) is 26.5. The second kappa shape index (κ2) is 37.2. The molecule has 0 saturated carbocycles. The molecule has 4 aliphatic rings. The molecule has 14 atom stereocenters. The first kappa shape index (κ1) is 87.5. The molecule has 0 amide bonds. The summed E-state index contributed by atoms with van der Waals surface area (Å²) in [5, 5.41) is 2.23. The van der Waals surface area contributed by atoms with Crippen LogP contribution in [0, 0.1) is 11.8 Å². The summed E-state index contributed by atoms with van der Waals surface area (Å²) in [5.74, 6) is -2.27. The van der Waals surface area contributed by atoms with Crippen LogP contribution in [0.3, 0.4) is 0 Å². The SMILES string of the molecule is C=C(C[C@H]1C[C@](C)(O[Si](C)(C)C(C)(C)C)C[C@](C[C@@H]2C[C@H](CCO[Si](c3ccccc3)(c3ccccc3)C(C)(C)C)OC(C)(C)O2)(OC)O1)[C@@H](C)[C@H](OCc1cc(OC)cc(OC)c1)[C@H](C)[C@@H](C[C@@H]1C[C@H](OC)C[C@@]2(C[C@@H](O[Si](C)(C)C(C)(C)C)C[C@H](COCc3ccccc3)O2)O1)OCOCc1ccccc1. The monoisotopic (exact) mass is 1540 g/mol. The minimum atomic E-state index is -2.82. The van der Waals surface area contributed by atoms with Gasteiger partial charge in [-0.25, -0.2) is 0 Å². The Morgan fingerprint density at radius 1 is 0.556 bits per heavy atom. The first-order valence-electron chi connectivity index (χ1n) is 39.8. The van der Waals surface area contributed by atoms with Crippen LogP contribution in [0.5, 0.6) is 11.5 Å². The molecule has 16 nitrogen and oxygen atoms in total. The van der Waals surface area contributed by atoms with Gasteiger partial charge in [-0.15, -0.1) is 0 Å². The van der Waals surface area contributed by atoms with Gasteiger partial charge in [-0.3, -0.25) is 0 Å². The fraction of sp³-hybridized carbons (Fsp3) is 0.640. The largest absolute Gasteiger partial charge is 0.497 e. The number of benzene rings is 5. The van der Waals surface area contributed by atoms with E-state index in [9.17, 15) is 0 Å². The van der Waals surface area contributed by atoms with E-state index in [4.69, 9.17) is 81.4 Å². The minimum absolute atomic E-state index is 0.0152. The van der Waals surface area contributed by atoms with Gasteiger partial charge < -0.3 is 74.9 Å². The quantitative estimate of drug-likeness (QED) is 0.0162. The van der Waals surface area contributed by atoms with Crippen molar-refractivity contribution < 1.29 is 74.9 Å². The van der Waals surface area contributed by atoms with Gasteiger partial charge in [-0.2, -0.15) is 0 Å². The highest BCUT2D eigenvalue weighted by molar-refractivity contribution is 6.99. The topological polar surface area (TPSA) is 148 Å². The van der Waals surface area contributed by atoms with E-state index in [1.807, 2.05) is 68.4 Å². The van der Waals surface area contributed by atoms with Crippen molar-refractivity contribution in [3.8, 4) is 11.5 Å². The summed E-state index contributed by atoms with van der Waals surface area (Å²) in [6, 6.07) is 48.0. The van der Waals surface area contributed by atoms with Gasteiger partial charge in [-0.05, 0) is 114 Å². The van der Waals surface area contributed by atoms with Crippen LogP contribution in [0.4, 0.5) is 0 Å². The molecule has 0 radical (unpaired) electrons. The third-order valence-electron chi connectivity index (χ3n) is 24.0. The maximum Gasteiger partial charge on any atom is 0.261 e. The Morgan fingerprint density at radius 3 is 1.64 bits per heavy atom. The van der Waals surface area contributed by atoms with Crippen LogP contribution in [0.25, 0.3) is 0 Å². The molecular formula is C89H136O16Si3. The molecule has 1 spiro atoms. The zero-order chi connectivity index (χ0) is 78.6. The van der Waals surface area contributed by atoms with Crippen molar-refractivity contribution in [2.75, 3.05) is 48.4 Å². The smallest absolute Gasteiger partial charge is 0.261 e. The molecule has 0 aliphatic carbocycles. The van der Waals surface area contributed by atoms with E-state index in [1.165, 1.54) is 10.4 Å². The summed E-state index contributed by atoms with van der Waals surface area (Å²) in [4.78, 5) is 0. The summed E-state index contributed by atoms with van der Waals surface area (Å²) >= 11 is 0. The lowest BCUT2D eigenvalue weighted by Gasteiger charge is -2.54. The molecule has 4 fully saturated rings. The van der Waals surface area contributed by atoms with Crippen molar-refractivity contribution >= 4 is 35.3 Å². The Morgan fingerprint density at radius 2 is 1.09 bits per heavy atom. The fourth-order valence-corrected chi connectivity index (χ4v) is 24.2. The Balaban J connectivity index is 1.02. The number of hydrogen-bond donors (Lipinski definition) is 0. The first-order valence-corrected chi connectivity index (χ1v) is 47.5. The van der Waals surface area contributed by atoms with Crippen LogP contribution in [0.15, 0.2) is 152 Å². The molecule has 19 heteroatoms. The number of ether oxygens (including phenoxy) is 13. The highest BCUT2D eigenvalue weighted by Gasteiger charge is 2.57. The molecule has 0 unspecified atom stereocenters. The molecule has 4 saturated heterocycles. The molecule has 0 bridgehead atoms. The van der Waals surface area contributed by atoms with E-state index in [0.29, 0.717) is 109 Å². The zero-order valence-electron chi connectivity index (χ0n) is 69.9. The van der Waals surface area contributed by atoms with Gasteiger partial charge in [0.15, 0.2) is 34.0 Å². The highest BCUT2D eigenvalue weighted by Crippen LogP contribution is 2.51. The van der Waals surface area contributed by atoms with E-state index in [1.54, 1.807) is 28.4 Å². The second-order valence-corrected chi connectivity index (χ2v) is 50.0.